The number of rotatable bonds is 5. The Morgan fingerprint density at radius 3 is 2.64 bits per heavy atom. The van der Waals surface area contributed by atoms with Gasteiger partial charge in [-0.1, -0.05) is 36.8 Å². The first kappa shape index (κ1) is 18.4. The van der Waals surface area contributed by atoms with Gasteiger partial charge in [0.25, 0.3) is 11.7 Å². The van der Waals surface area contributed by atoms with Crippen molar-refractivity contribution in [1.29, 1.82) is 0 Å². The number of anilines is 1. The Morgan fingerprint density at radius 2 is 1.82 bits per heavy atom. The summed E-state index contributed by atoms with van der Waals surface area (Å²) in [5.74, 6) is -1.13. The highest BCUT2D eigenvalue weighted by atomic mass is 16.2. The molecule has 1 aliphatic heterocycles. The van der Waals surface area contributed by atoms with E-state index in [4.69, 9.17) is 0 Å². The van der Waals surface area contributed by atoms with Crippen LogP contribution in [-0.4, -0.2) is 34.7 Å². The van der Waals surface area contributed by atoms with Gasteiger partial charge in [0.1, 0.15) is 0 Å². The summed E-state index contributed by atoms with van der Waals surface area (Å²) in [6.07, 6.45) is 3.80. The summed E-state index contributed by atoms with van der Waals surface area (Å²) in [5.41, 5.74) is 3.82. The number of carbonyl (C=O) groups excluding carboxylic acids is 2. The van der Waals surface area contributed by atoms with Crippen LogP contribution in [0, 0.1) is 6.92 Å². The van der Waals surface area contributed by atoms with E-state index in [1.807, 2.05) is 49.4 Å². The Bertz CT molecular complexity index is 1020. The first-order valence-electron chi connectivity index (χ1n) is 9.86. The molecule has 0 atom stereocenters. The number of benzene rings is 2. The molecule has 5 heteroatoms. The highest BCUT2D eigenvalue weighted by Gasteiger charge is 2.22. The summed E-state index contributed by atoms with van der Waals surface area (Å²) < 4.78 is 0. The van der Waals surface area contributed by atoms with Gasteiger partial charge in [-0.15, -0.1) is 0 Å². The zero-order valence-electron chi connectivity index (χ0n) is 16.1. The lowest BCUT2D eigenvalue weighted by atomic mass is 10.1. The third kappa shape index (κ3) is 3.85. The molecule has 2 N–H and O–H groups in total. The van der Waals surface area contributed by atoms with Crippen LogP contribution in [-0.2, 0) is 11.3 Å². The fraction of sp³-hybridized carbons (Fsp3) is 0.304. The van der Waals surface area contributed by atoms with Gasteiger partial charge in [-0.25, -0.2) is 0 Å². The first-order valence-corrected chi connectivity index (χ1v) is 9.86. The highest BCUT2D eigenvalue weighted by molar-refractivity contribution is 6.48. The molecule has 1 aromatic heterocycles. The van der Waals surface area contributed by atoms with Crippen molar-refractivity contribution in [2.24, 2.45) is 0 Å². The standard InChI is InChI=1S/C23H25N3O2/c1-16-21(19-10-3-4-11-20(19)24-16)22(27)23(28)25-18-9-7-8-17(14-18)15-26-12-5-2-6-13-26/h3-4,7-11,14,24H,2,5-6,12-13,15H2,1H3,(H,25,28). The number of H-pyrrole nitrogens is 1. The normalized spacial score (nSPS) is 14.9. The molecule has 0 spiro atoms. The quantitative estimate of drug-likeness (QED) is 0.517. The molecule has 0 saturated carbocycles. The number of aryl methyl sites for hydroxylation is 1. The van der Waals surface area contributed by atoms with E-state index in [0.29, 0.717) is 16.9 Å². The minimum atomic E-state index is -0.608. The van der Waals surface area contributed by atoms with Gasteiger partial charge in [0.15, 0.2) is 0 Å². The smallest absolute Gasteiger partial charge is 0.296 e. The number of nitrogens with zero attached hydrogens (tertiary/aromatic N) is 1. The predicted molar refractivity (Wildman–Crippen MR) is 112 cm³/mol. The molecule has 4 rings (SSSR count). The molecular weight excluding hydrogens is 350 g/mol. The average molecular weight is 375 g/mol. The average Bonchev–Trinajstić information content (AvgIpc) is 3.04. The number of hydrogen-bond donors (Lipinski definition) is 2. The van der Waals surface area contributed by atoms with Crippen molar-refractivity contribution in [2.45, 2.75) is 32.7 Å². The molecule has 2 heterocycles. The van der Waals surface area contributed by atoms with E-state index in [1.54, 1.807) is 0 Å². The van der Waals surface area contributed by atoms with Crippen molar-refractivity contribution >= 4 is 28.3 Å². The van der Waals surface area contributed by atoms with Gasteiger partial charge in [-0.2, -0.15) is 0 Å². The van der Waals surface area contributed by atoms with Crippen LogP contribution in [0.5, 0.6) is 0 Å². The van der Waals surface area contributed by atoms with Gasteiger partial charge >= 0.3 is 0 Å². The minimum absolute atomic E-state index is 0.442. The minimum Gasteiger partial charge on any atom is -0.358 e. The molecule has 1 amide bonds. The van der Waals surface area contributed by atoms with E-state index >= 15 is 0 Å². The lowest BCUT2D eigenvalue weighted by Crippen LogP contribution is -2.29. The number of nitrogens with one attached hydrogen (secondary N) is 2. The zero-order chi connectivity index (χ0) is 19.5. The third-order valence-electron chi connectivity index (χ3n) is 5.37. The molecule has 1 saturated heterocycles. The summed E-state index contributed by atoms with van der Waals surface area (Å²) in [6.45, 7) is 4.93. The summed E-state index contributed by atoms with van der Waals surface area (Å²) in [7, 11) is 0. The van der Waals surface area contributed by atoms with Gasteiger partial charge in [0, 0.05) is 28.8 Å². The molecule has 0 bridgehead atoms. The molecule has 2 aromatic carbocycles. The fourth-order valence-electron chi connectivity index (χ4n) is 3.99. The SMILES string of the molecule is Cc1[nH]c2ccccc2c1C(=O)C(=O)Nc1cccc(CN2CCCCC2)c1. The van der Waals surface area contributed by atoms with Crippen molar-refractivity contribution in [3.05, 3.63) is 65.4 Å². The molecule has 144 valence electrons. The van der Waals surface area contributed by atoms with E-state index in [2.05, 4.69) is 21.3 Å². The number of fused-ring (bicyclic) bond motifs is 1. The van der Waals surface area contributed by atoms with Crippen LogP contribution in [0.2, 0.25) is 0 Å². The maximum Gasteiger partial charge on any atom is 0.296 e. The molecule has 1 fully saturated rings. The third-order valence-corrected chi connectivity index (χ3v) is 5.37. The van der Waals surface area contributed by atoms with Crippen molar-refractivity contribution in [3.8, 4) is 0 Å². The van der Waals surface area contributed by atoms with Crippen LogP contribution in [0.15, 0.2) is 48.5 Å². The summed E-state index contributed by atoms with van der Waals surface area (Å²) in [6, 6.07) is 15.3. The molecular formula is C23H25N3O2. The van der Waals surface area contributed by atoms with Crippen LogP contribution in [0.3, 0.4) is 0 Å². The van der Waals surface area contributed by atoms with Gasteiger partial charge < -0.3 is 10.3 Å². The monoisotopic (exact) mass is 375 g/mol. The largest absolute Gasteiger partial charge is 0.358 e. The summed E-state index contributed by atoms with van der Waals surface area (Å²) in [5, 5.41) is 3.56. The Morgan fingerprint density at radius 1 is 1.04 bits per heavy atom. The second kappa shape index (κ2) is 7.98. The van der Waals surface area contributed by atoms with Crippen molar-refractivity contribution in [3.63, 3.8) is 0 Å². The lowest BCUT2D eigenvalue weighted by molar-refractivity contribution is -0.112. The number of para-hydroxylation sites is 1. The van der Waals surface area contributed by atoms with Gasteiger partial charge in [-0.3, -0.25) is 14.5 Å². The van der Waals surface area contributed by atoms with Crippen LogP contribution in [0.1, 0.15) is 40.9 Å². The Kier molecular flexibility index (Phi) is 5.26. The van der Waals surface area contributed by atoms with E-state index < -0.39 is 11.7 Å². The van der Waals surface area contributed by atoms with Crippen LogP contribution in [0.4, 0.5) is 5.69 Å². The molecule has 0 unspecified atom stereocenters. The fourth-order valence-corrected chi connectivity index (χ4v) is 3.99. The number of hydrogen-bond acceptors (Lipinski definition) is 3. The Hall–Kier alpha value is -2.92. The molecule has 1 aliphatic rings. The zero-order valence-corrected chi connectivity index (χ0v) is 16.1. The predicted octanol–water partition coefficient (Wildman–Crippen LogP) is 4.28. The molecule has 28 heavy (non-hydrogen) atoms. The molecule has 0 aliphatic carbocycles. The number of Topliss-reactive ketones (excluding diaryl/α,β-unsaturated/α-hetero) is 1. The summed E-state index contributed by atoms with van der Waals surface area (Å²) >= 11 is 0. The number of aromatic nitrogens is 1. The van der Waals surface area contributed by atoms with Gasteiger partial charge in [0.05, 0.1) is 5.56 Å². The highest BCUT2D eigenvalue weighted by Crippen LogP contribution is 2.23. The van der Waals surface area contributed by atoms with Crippen LogP contribution >= 0.6 is 0 Å². The van der Waals surface area contributed by atoms with Crippen molar-refractivity contribution < 1.29 is 9.59 Å². The van der Waals surface area contributed by atoms with Gasteiger partial charge in [-0.05, 0) is 56.6 Å². The number of carbonyl (C=O) groups is 2. The second-order valence-electron chi connectivity index (χ2n) is 7.49. The molecule has 3 aromatic rings. The van der Waals surface area contributed by atoms with Gasteiger partial charge in [0.2, 0.25) is 0 Å². The number of amides is 1. The molecule has 0 radical (unpaired) electrons. The Labute approximate surface area is 164 Å². The second-order valence-corrected chi connectivity index (χ2v) is 7.49. The van der Waals surface area contributed by atoms with Crippen molar-refractivity contribution in [2.75, 3.05) is 18.4 Å². The maximum absolute atomic E-state index is 12.8. The number of likely N-dealkylation sites (tertiary alicyclic amines) is 1. The van der Waals surface area contributed by atoms with E-state index in [-0.39, 0.29) is 0 Å². The lowest BCUT2D eigenvalue weighted by Gasteiger charge is -2.26. The van der Waals surface area contributed by atoms with Crippen molar-refractivity contribution in [1.82, 2.24) is 9.88 Å². The Balaban J connectivity index is 1.49. The summed E-state index contributed by atoms with van der Waals surface area (Å²) in [4.78, 5) is 31.0. The van der Waals surface area contributed by atoms with Crippen LogP contribution < -0.4 is 5.32 Å². The number of ketones is 1. The molecule has 5 nitrogen and oxygen atoms in total. The maximum atomic E-state index is 12.8. The number of aromatic amines is 1. The van der Waals surface area contributed by atoms with E-state index in [0.717, 1.165) is 36.1 Å². The number of piperidine rings is 1. The van der Waals surface area contributed by atoms with E-state index in [9.17, 15) is 9.59 Å². The van der Waals surface area contributed by atoms with E-state index in [1.165, 1.54) is 19.3 Å². The van der Waals surface area contributed by atoms with Crippen LogP contribution in [0.25, 0.3) is 10.9 Å². The first-order chi connectivity index (χ1) is 13.6. The topological polar surface area (TPSA) is 65.2 Å².